The van der Waals surface area contributed by atoms with E-state index in [2.05, 4.69) is 15.1 Å². The number of amides is 1. The summed E-state index contributed by atoms with van der Waals surface area (Å²) in [6.07, 6.45) is 0. The maximum atomic E-state index is 12.4. The van der Waals surface area contributed by atoms with Gasteiger partial charge in [0.25, 0.3) is 5.91 Å². The van der Waals surface area contributed by atoms with Crippen molar-refractivity contribution in [2.24, 2.45) is 0 Å². The summed E-state index contributed by atoms with van der Waals surface area (Å²) in [6.45, 7) is 5.36. The van der Waals surface area contributed by atoms with Crippen LogP contribution < -0.4 is 9.64 Å². The summed E-state index contributed by atoms with van der Waals surface area (Å²) in [6, 6.07) is 13.1. The molecule has 3 rings (SSSR count). The smallest absolute Gasteiger partial charge is 0.253 e. The number of ether oxygens (including phenoxy) is 1. The SMILES string of the molecule is CCOc1ccc(N2CCN(C(=O)c3ccccc3)CC2)nn1. The number of aromatic nitrogens is 2. The van der Waals surface area contributed by atoms with Crippen LogP contribution in [-0.2, 0) is 0 Å². The van der Waals surface area contributed by atoms with Crippen molar-refractivity contribution in [1.82, 2.24) is 15.1 Å². The van der Waals surface area contributed by atoms with Gasteiger partial charge in [-0.2, -0.15) is 0 Å². The molecule has 1 fully saturated rings. The van der Waals surface area contributed by atoms with Crippen molar-refractivity contribution >= 4 is 11.7 Å². The molecule has 6 heteroatoms. The van der Waals surface area contributed by atoms with Gasteiger partial charge in [0.05, 0.1) is 6.61 Å². The molecule has 0 unspecified atom stereocenters. The Bertz CT molecular complexity index is 637. The van der Waals surface area contributed by atoms with E-state index in [1.807, 2.05) is 54.3 Å². The van der Waals surface area contributed by atoms with Crippen LogP contribution in [0.25, 0.3) is 0 Å². The third-order valence-corrected chi connectivity index (χ3v) is 3.83. The Morgan fingerprint density at radius 2 is 1.78 bits per heavy atom. The monoisotopic (exact) mass is 312 g/mol. The molecule has 120 valence electrons. The van der Waals surface area contributed by atoms with Crippen LogP contribution in [0.3, 0.4) is 0 Å². The minimum Gasteiger partial charge on any atom is -0.477 e. The molecule has 1 aromatic carbocycles. The summed E-state index contributed by atoms with van der Waals surface area (Å²) in [5.74, 6) is 1.44. The minimum absolute atomic E-state index is 0.0861. The Kier molecular flexibility index (Phi) is 4.71. The molecule has 2 heterocycles. The zero-order valence-electron chi connectivity index (χ0n) is 13.2. The lowest BCUT2D eigenvalue weighted by atomic mass is 10.2. The van der Waals surface area contributed by atoms with Crippen molar-refractivity contribution in [3.63, 3.8) is 0 Å². The normalized spacial score (nSPS) is 14.7. The van der Waals surface area contributed by atoms with Gasteiger partial charge in [0.15, 0.2) is 5.82 Å². The fourth-order valence-electron chi connectivity index (χ4n) is 2.61. The van der Waals surface area contributed by atoms with Crippen LogP contribution in [0, 0.1) is 0 Å². The average molecular weight is 312 g/mol. The zero-order chi connectivity index (χ0) is 16.1. The Morgan fingerprint density at radius 1 is 1.04 bits per heavy atom. The summed E-state index contributed by atoms with van der Waals surface area (Å²) in [5.41, 5.74) is 0.738. The molecule has 0 aliphatic carbocycles. The Morgan fingerprint density at radius 3 is 2.39 bits per heavy atom. The maximum absolute atomic E-state index is 12.4. The molecule has 1 aliphatic rings. The van der Waals surface area contributed by atoms with Crippen LogP contribution in [0.2, 0.25) is 0 Å². The van der Waals surface area contributed by atoms with Gasteiger partial charge in [-0.25, -0.2) is 0 Å². The number of hydrogen-bond donors (Lipinski definition) is 0. The van der Waals surface area contributed by atoms with Gasteiger partial charge in [0.1, 0.15) is 0 Å². The molecule has 0 bridgehead atoms. The summed E-state index contributed by atoms with van der Waals surface area (Å²) >= 11 is 0. The van der Waals surface area contributed by atoms with Crippen molar-refractivity contribution in [3.8, 4) is 5.88 Å². The number of carbonyl (C=O) groups is 1. The fraction of sp³-hybridized carbons (Fsp3) is 0.353. The molecule has 1 amide bonds. The van der Waals surface area contributed by atoms with Gasteiger partial charge < -0.3 is 14.5 Å². The largest absolute Gasteiger partial charge is 0.477 e. The Balaban J connectivity index is 1.59. The summed E-state index contributed by atoms with van der Waals surface area (Å²) in [7, 11) is 0. The summed E-state index contributed by atoms with van der Waals surface area (Å²) < 4.78 is 5.30. The molecule has 0 N–H and O–H groups in total. The highest BCUT2D eigenvalue weighted by Gasteiger charge is 2.22. The first kappa shape index (κ1) is 15.3. The van der Waals surface area contributed by atoms with Crippen molar-refractivity contribution in [3.05, 3.63) is 48.0 Å². The Labute approximate surface area is 135 Å². The van der Waals surface area contributed by atoms with Crippen molar-refractivity contribution in [2.45, 2.75) is 6.92 Å². The summed E-state index contributed by atoms with van der Waals surface area (Å²) in [5, 5.41) is 8.25. The van der Waals surface area contributed by atoms with E-state index >= 15 is 0 Å². The first-order chi connectivity index (χ1) is 11.3. The predicted octanol–water partition coefficient (Wildman–Crippen LogP) is 1.84. The molecule has 1 saturated heterocycles. The van der Waals surface area contributed by atoms with E-state index in [9.17, 15) is 4.79 Å². The quantitative estimate of drug-likeness (QED) is 0.862. The highest BCUT2D eigenvalue weighted by molar-refractivity contribution is 5.94. The van der Waals surface area contributed by atoms with Crippen molar-refractivity contribution in [2.75, 3.05) is 37.7 Å². The lowest BCUT2D eigenvalue weighted by molar-refractivity contribution is 0.0746. The van der Waals surface area contributed by atoms with Crippen molar-refractivity contribution < 1.29 is 9.53 Å². The number of nitrogens with zero attached hydrogens (tertiary/aromatic N) is 4. The van der Waals surface area contributed by atoms with Gasteiger partial charge in [-0.15, -0.1) is 10.2 Å². The molecule has 2 aromatic rings. The number of hydrogen-bond acceptors (Lipinski definition) is 5. The number of anilines is 1. The van der Waals surface area contributed by atoms with E-state index in [1.165, 1.54) is 0 Å². The lowest BCUT2D eigenvalue weighted by Gasteiger charge is -2.35. The molecule has 1 aliphatic heterocycles. The topological polar surface area (TPSA) is 58.6 Å². The molecule has 0 radical (unpaired) electrons. The van der Waals surface area contributed by atoms with Crippen molar-refractivity contribution in [1.29, 1.82) is 0 Å². The molecular weight excluding hydrogens is 292 g/mol. The van der Waals surface area contributed by atoms with Crippen LogP contribution >= 0.6 is 0 Å². The van der Waals surface area contributed by atoms with Crippen LogP contribution in [0.4, 0.5) is 5.82 Å². The number of carbonyl (C=O) groups excluding carboxylic acids is 1. The second-order valence-electron chi connectivity index (χ2n) is 5.31. The van der Waals surface area contributed by atoms with Gasteiger partial charge in [-0.05, 0) is 25.1 Å². The standard InChI is InChI=1S/C17H20N4O2/c1-2-23-16-9-8-15(18-19-16)20-10-12-21(13-11-20)17(22)14-6-4-3-5-7-14/h3-9H,2,10-13H2,1H3. The third-order valence-electron chi connectivity index (χ3n) is 3.83. The molecule has 0 saturated carbocycles. The van der Waals surface area contributed by atoms with E-state index in [-0.39, 0.29) is 5.91 Å². The van der Waals surface area contributed by atoms with E-state index < -0.39 is 0 Å². The van der Waals surface area contributed by atoms with Gasteiger partial charge in [-0.1, -0.05) is 18.2 Å². The van der Waals surface area contributed by atoms with Crippen LogP contribution in [0.5, 0.6) is 5.88 Å². The third kappa shape index (κ3) is 3.59. The lowest BCUT2D eigenvalue weighted by Crippen LogP contribution is -2.49. The summed E-state index contributed by atoms with van der Waals surface area (Å²) in [4.78, 5) is 16.4. The average Bonchev–Trinajstić information content (AvgIpc) is 2.63. The molecule has 1 aromatic heterocycles. The molecular formula is C17H20N4O2. The zero-order valence-corrected chi connectivity index (χ0v) is 13.2. The highest BCUT2D eigenvalue weighted by atomic mass is 16.5. The predicted molar refractivity (Wildman–Crippen MR) is 87.8 cm³/mol. The van der Waals surface area contributed by atoms with Crippen LogP contribution in [0.15, 0.2) is 42.5 Å². The van der Waals surface area contributed by atoms with Gasteiger partial charge in [0, 0.05) is 37.8 Å². The number of benzene rings is 1. The number of piperazine rings is 1. The first-order valence-corrected chi connectivity index (χ1v) is 7.83. The number of rotatable bonds is 4. The van der Waals surface area contributed by atoms with Crippen LogP contribution in [0.1, 0.15) is 17.3 Å². The second-order valence-corrected chi connectivity index (χ2v) is 5.31. The Hall–Kier alpha value is -2.63. The second kappa shape index (κ2) is 7.09. The van der Waals surface area contributed by atoms with Gasteiger partial charge in [-0.3, -0.25) is 4.79 Å². The maximum Gasteiger partial charge on any atom is 0.253 e. The molecule has 6 nitrogen and oxygen atoms in total. The molecule has 0 atom stereocenters. The highest BCUT2D eigenvalue weighted by Crippen LogP contribution is 2.16. The molecule has 23 heavy (non-hydrogen) atoms. The first-order valence-electron chi connectivity index (χ1n) is 7.83. The molecule has 0 spiro atoms. The van der Waals surface area contributed by atoms with Gasteiger partial charge >= 0.3 is 0 Å². The minimum atomic E-state index is 0.0861. The van der Waals surface area contributed by atoms with Crippen LogP contribution in [-0.4, -0.2) is 53.8 Å². The van der Waals surface area contributed by atoms with E-state index in [0.29, 0.717) is 25.6 Å². The van der Waals surface area contributed by atoms with E-state index in [4.69, 9.17) is 4.74 Å². The van der Waals surface area contributed by atoms with E-state index in [0.717, 1.165) is 24.5 Å². The van der Waals surface area contributed by atoms with E-state index in [1.54, 1.807) is 0 Å². The fourth-order valence-corrected chi connectivity index (χ4v) is 2.61. The van der Waals surface area contributed by atoms with Gasteiger partial charge in [0.2, 0.25) is 5.88 Å².